The van der Waals surface area contributed by atoms with E-state index in [1.807, 2.05) is 36.4 Å². The van der Waals surface area contributed by atoms with E-state index in [9.17, 15) is 29.1 Å². The molecule has 2 aromatic rings. The SMILES string of the molecule is COC(=O)CN1C(=O)C2C(C=Cc3ccccc3)N3C(=O)CN(CCO)C(=O)[C@@]3(Cc3ccccc3)C2C1=O. The largest absolute Gasteiger partial charge is 0.468 e. The predicted octanol–water partition coefficient (Wildman–Crippen LogP) is 0.501. The van der Waals surface area contributed by atoms with E-state index in [-0.39, 0.29) is 26.1 Å². The van der Waals surface area contributed by atoms with Gasteiger partial charge in [-0.05, 0) is 11.1 Å². The smallest absolute Gasteiger partial charge is 0.325 e. The molecule has 3 fully saturated rings. The number of amides is 4. The molecule has 10 heteroatoms. The molecule has 3 aliphatic heterocycles. The second-order valence-corrected chi connectivity index (χ2v) is 9.90. The van der Waals surface area contributed by atoms with Crippen LogP contribution in [0.1, 0.15) is 11.1 Å². The number of carbonyl (C=O) groups is 5. The maximum Gasteiger partial charge on any atom is 0.325 e. The van der Waals surface area contributed by atoms with Crippen LogP contribution in [0.5, 0.6) is 0 Å². The lowest BCUT2D eigenvalue weighted by Crippen LogP contribution is -2.71. The number of piperazine rings is 1. The predicted molar refractivity (Wildman–Crippen MR) is 138 cm³/mol. The van der Waals surface area contributed by atoms with E-state index in [1.54, 1.807) is 36.4 Å². The van der Waals surface area contributed by atoms with E-state index in [4.69, 9.17) is 4.74 Å². The van der Waals surface area contributed by atoms with Crippen LogP contribution in [0.2, 0.25) is 0 Å². The Morgan fingerprint density at radius 3 is 2.33 bits per heavy atom. The lowest BCUT2D eigenvalue weighted by molar-refractivity contribution is -0.169. The molecule has 4 atom stereocenters. The molecule has 39 heavy (non-hydrogen) atoms. The number of hydrogen-bond donors (Lipinski definition) is 1. The third kappa shape index (κ3) is 4.30. The van der Waals surface area contributed by atoms with Crippen molar-refractivity contribution in [2.75, 3.05) is 33.4 Å². The highest BCUT2D eigenvalue weighted by atomic mass is 16.5. The summed E-state index contributed by atoms with van der Waals surface area (Å²) in [4.78, 5) is 71.5. The molecule has 0 aromatic heterocycles. The molecule has 0 bridgehead atoms. The summed E-state index contributed by atoms with van der Waals surface area (Å²) in [5.74, 6) is -5.32. The van der Waals surface area contributed by atoms with Crippen LogP contribution >= 0.6 is 0 Å². The molecule has 0 saturated carbocycles. The summed E-state index contributed by atoms with van der Waals surface area (Å²) in [5.41, 5.74) is -0.206. The van der Waals surface area contributed by atoms with Gasteiger partial charge in [0, 0.05) is 13.0 Å². The fourth-order valence-corrected chi connectivity index (χ4v) is 6.19. The fourth-order valence-electron chi connectivity index (χ4n) is 6.19. The van der Waals surface area contributed by atoms with Crippen molar-refractivity contribution < 1.29 is 33.8 Å². The normalized spacial score (nSPS) is 26.4. The Hall–Kier alpha value is -4.31. The minimum atomic E-state index is -1.72. The van der Waals surface area contributed by atoms with Crippen molar-refractivity contribution in [3.63, 3.8) is 0 Å². The molecule has 1 N–H and O–H groups in total. The van der Waals surface area contributed by atoms with E-state index in [0.29, 0.717) is 5.56 Å². The van der Waals surface area contributed by atoms with Gasteiger partial charge in [-0.25, -0.2) is 0 Å². The number of aliphatic hydroxyl groups is 1. The van der Waals surface area contributed by atoms with Crippen LogP contribution in [0.25, 0.3) is 6.08 Å². The first-order valence-electron chi connectivity index (χ1n) is 12.7. The van der Waals surface area contributed by atoms with Gasteiger partial charge in [-0.2, -0.15) is 0 Å². The summed E-state index contributed by atoms with van der Waals surface area (Å²) in [6, 6.07) is 17.4. The second kappa shape index (κ2) is 10.5. The molecule has 3 unspecified atom stereocenters. The van der Waals surface area contributed by atoms with Crippen molar-refractivity contribution in [1.29, 1.82) is 0 Å². The first kappa shape index (κ1) is 26.3. The molecule has 5 rings (SSSR count). The summed E-state index contributed by atoms with van der Waals surface area (Å²) in [6.45, 7) is -1.32. The average Bonchev–Trinajstić information content (AvgIpc) is 3.37. The number of esters is 1. The zero-order chi connectivity index (χ0) is 27.7. The number of hydrogen-bond acceptors (Lipinski definition) is 7. The van der Waals surface area contributed by atoms with Crippen LogP contribution in [0.4, 0.5) is 0 Å². The Morgan fingerprint density at radius 1 is 1.03 bits per heavy atom. The minimum absolute atomic E-state index is 0.0116. The number of nitrogens with zero attached hydrogens (tertiary/aromatic N) is 3. The van der Waals surface area contributed by atoms with Crippen LogP contribution in [-0.2, 0) is 35.1 Å². The molecule has 4 amide bonds. The van der Waals surface area contributed by atoms with Gasteiger partial charge in [0.15, 0.2) is 0 Å². The number of likely N-dealkylation sites (tertiary alicyclic amines) is 1. The monoisotopic (exact) mass is 531 g/mol. The van der Waals surface area contributed by atoms with E-state index < -0.39 is 59.6 Å². The number of rotatable bonds is 8. The van der Waals surface area contributed by atoms with Crippen LogP contribution in [0.3, 0.4) is 0 Å². The van der Waals surface area contributed by atoms with Crippen molar-refractivity contribution in [1.82, 2.24) is 14.7 Å². The number of benzene rings is 2. The van der Waals surface area contributed by atoms with Crippen LogP contribution in [-0.4, -0.2) is 94.3 Å². The zero-order valence-corrected chi connectivity index (χ0v) is 21.4. The second-order valence-electron chi connectivity index (χ2n) is 9.90. The first-order chi connectivity index (χ1) is 18.8. The third-order valence-electron chi connectivity index (χ3n) is 7.79. The maximum absolute atomic E-state index is 14.3. The summed E-state index contributed by atoms with van der Waals surface area (Å²) in [6.07, 6.45) is 3.45. The number of imide groups is 1. The van der Waals surface area contributed by atoms with E-state index in [2.05, 4.69) is 0 Å². The van der Waals surface area contributed by atoms with Gasteiger partial charge in [-0.3, -0.25) is 28.9 Å². The van der Waals surface area contributed by atoms with Crippen molar-refractivity contribution in [2.45, 2.75) is 18.0 Å². The Bertz CT molecular complexity index is 1330. The minimum Gasteiger partial charge on any atom is -0.468 e. The number of fused-ring (bicyclic) bond motifs is 3. The lowest BCUT2D eigenvalue weighted by atomic mass is 9.74. The molecule has 10 nitrogen and oxygen atoms in total. The Kier molecular flexibility index (Phi) is 7.05. The highest BCUT2D eigenvalue weighted by Gasteiger charge is 2.74. The number of β-amino-alcohol motifs (C(OH)–C–C–N with tert-alkyl or cyclic N) is 1. The fraction of sp³-hybridized carbons (Fsp3) is 0.345. The molecule has 0 radical (unpaired) electrons. The highest BCUT2D eigenvalue weighted by molar-refractivity contribution is 6.14. The summed E-state index contributed by atoms with van der Waals surface area (Å²) >= 11 is 0. The van der Waals surface area contributed by atoms with Gasteiger partial charge >= 0.3 is 5.97 Å². The molecule has 0 spiro atoms. The molecule has 0 aliphatic carbocycles. The number of carbonyl (C=O) groups excluding carboxylic acids is 5. The Balaban J connectivity index is 1.69. The van der Waals surface area contributed by atoms with E-state index >= 15 is 0 Å². The van der Waals surface area contributed by atoms with Gasteiger partial charge in [0.05, 0.1) is 38.1 Å². The molecule has 3 heterocycles. The molecular formula is C29H29N3O7. The number of methoxy groups -OCH3 is 1. The molecule has 3 saturated heterocycles. The molecule has 2 aromatic carbocycles. The zero-order valence-electron chi connectivity index (χ0n) is 21.4. The van der Waals surface area contributed by atoms with Crippen molar-refractivity contribution in [2.24, 2.45) is 11.8 Å². The summed E-state index contributed by atoms with van der Waals surface area (Å²) < 4.78 is 4.71. The van der Waals surface area contributed by atoms with Gasteiger partial charge in [-0.15, -0.1) is 0 Å². The average molecular weight is 532 g/mol. The van der Waals surface area contributed by atoms with Gasteiger partial charge < -0.3 is 19.6 Å². The lowest BCUT2D eigenvalue weighted by Gasteiger charge is -2.48. The topological polar surface area (TPSA) is 125 Å². The third-order valence-corrected chi connectivity index (χ3v) is 7.79. The van der Waals surface area contributed by atoms with Gasteiger partial charge in [0.1, 0.15) is 12.1 Å². The number of aliphatic hydroxyl groups excluding tert-OH is 1. The first-order valence-corrected chi connectivity index (χ1v) is 12.7. The molecular weight excluding hydrogens is 502 g/mol. The van der Waals surface area contributed by atoms with Crippen LogP contribution in [0.15, 0.2) is 66.7 Å². The maximum atomic E-state index is 14.3. The highest BCUT2D eigenvalue weighted by Crippen LogP contribution is 2.53. The Labute approximate surface area is 225 Å². The van der Waals surface area contributed by atoms with Crippen molar-refractivity contribution >= 4 is 35.7 Å². The van der Waals surface area contributed by atoms with E-state index in [0.717, 1.165) is 17.6 Å². The Morgan fingerprint density at radius 2 is 1.69 bits per heavy atom. The molecule has 202 valence electrons. The van der Waals surface area contributed by atoms with E-state index in [1.165, 1.54) is 9.80 Å². The van der Waals surface area contributed by atoms with Gasteiger partial charge in [0.2, 0.25) is 23.6 Å². The quantitative estimate of drug-likeness (QED) is 0.389. The standard InChI is InChI=1S/C29H29N3O7/c1-39-23(35)18-31-26(36)24-21(13-12-19-8-4-2-5-9-19)32-22(34)17-30(14-15-33)28(38)29(32,25(24)27(31)37)16-20-10-6-3-7-11-20/h2-13,21,24-25,33H,14-18H2,1H3/t21?,24?,25?,29-/m1/s1. The summed E-state index contributed by atoms with van der Waals surface area (Å²) in [7, 11) is 1.16. The van der Waals surface area contributed by atoms with Gasteiger partial charge in [0.25, 0.3) is 0 Å². The number of ether oxygens (including phenoxy) is 1. The van der Waals surface area contributed by atoms with Crippen LogP contribution < -0.4 is 0 Å². The van der Waals surface area contributed by atoms with Crippen molar-refractivity contribution in [3.05, 3.63) is 77.9 Å². The molecule has 3 aliphatic rings. The van der Waals surface area contributed by atoms with Gasteiger partial charge in [-0.1, -0.05) is 72.8 Å². The summed E-state index contributed by atoms with van der Waals surface area (Å²) in [5, 5.41) is 9.64. The van der Waals surface area contributed by atoms with Crippen molar-refractivity contribution in [3.8, 4) is 0 Å². The van der Waals surface area contributed by atoms with Crippen LogP contribution in [0, 0.1) is 11.8 Å².